The molecule has 0 radical (unpaired) electrons. The minimum atomic E-state index is -0.621. The van der Waals surface area contributed by atoms with Gasteiger partial charge in [-0.1, -0.05) is 6.92 Å². The number of rotatable bonds is 8. The van der Waals surface area contributed by atoms with Crippen molar-refractivity contribution in [1.82, 2.24) is 24.5 Å². The summed E-state index contributed by atoms with van der Waals surface area (Å²) in [5, 5.41) is 20.5. The number of benzene rings is 1. The maximum atomic E-state index is 14.2. The van der Waals surface area contributed by atoms with Crippen LogP contribution in [-0.4, -0.2) is 29.5 Å². The fourth-order valence-corrected chi connectivity index (χ4v) is 4.03. The van der Waals surface area contributed by atoms with Gasteiger partial charge in [0.25, 0.3) is 0 Å². The zero-order valence-corrected chi connectivity index (χ0v) is 20.4. The van der Waals surface area contributed by atoms with E-state index in [4.69, 9.17) is 4.74 Å². The van der Waals surface area contributed by atoms with Crippen molar-refractivity contribution in [3.05, 3.63) is 85.6 Å². The third-order valence-corrected chi connectivity index (χ3v) is 5.78. The van der Waals surface area contributed by atoms with E-state index >= 15 is 0 Å². The highest BCUT2D eigenvalue weighted by atomic mass is 79.9. The molecular weight excluding hydrogens is 507 g/mol. The fraction of sp³-hybridized carbons (Fsp3) is 0.261. The number of nitro groups is 1. The standard InChI is InChI=1S/C23H22BrFN6O3/c1-4-18-10-19(30(3)27-18)8-14-12-29(2)28-22(14)20-6-5-17(25)7-15(20)13-34-21-9-16(24)11-26-23(21)31(32)33/h5-7,9-12H,4,8,13H2,1-3H3. The summed E-state index contributed by atoms with van der Waals surface area (Å²) < 4.78 is 24.0. The Kier molecular flexibility index (Phi) is 6.73. The molecule has 0 unspecified atom stereocenters. The van der Waals surface area contributed by atoms with E-state index in [2.05, 4.69) is 44.1 Å². The molecule has 0 fully saturated rings. The molecule has 0 spiro atoms. The molecule has 0 atom stereocenters. The Bertz CT molecular complexity index is 1370. The largest absolute Gasteiger partial charge is 0.481 e. The second-order valence-electron chi connectivity index (χ2n) is 7.78. The Hall–Kier alpha value is -3.60. The Balaban J connectivity index is 1.69. The van der Waals surface area contributed by atoms with Crippen LogP contribution in [0.4, 0.5) is 10.2 Å². The lowest BCUT2D eigenvalue weighted by molar-refractivity contribution is -0.390. The summed E-state index contributed by atoms with van der Waals surface area (Å²) in [6.45, 7) is 1.95. The predicted octanol–water partition coefficient (Wildman–Crippen LogP) is 4.76. The van der Waals surface area contributed by atoms with Crippen LogP contribution in [0.3, 0.4) is 0 Å². The fourth-order valence-electron chi connectivity index (χ4n) is 3.72. The molecule has 0 saturated heterocycles. The van der Waals surface area contributed by atoms with Crippen molar-refractivity contribution in [3.8, 4) is 17.0 Å². The molecule has 3 heterocycles. The Morgan fingerprint density at radius 1 is 1.18 bits per heavy atom. The van der Waals surface area contributed by atoms with Gasteiger partial charge in [-0.3, -0.25) is 9.36 Å². The number of ether oxygens (including phenoxy) is 1. The summed E-state index contributed by atoms with van der Waals surface area (Å²) in [4.78, 5) is 14.5. The summed E-state index contributed by atoms with van der Waals surface area (Å²) >= 11 is 3.25. The average molecular weight is 529 g/mol. The second-order valence-corrected chi connectivity index (χ2v) is 8.70. The smallest absolute Gasteiger partial charge is 0.406 e. The second kappa shape index (κ2) is 9.72. The molecule has 4 aromatic rings. The Morgan fingerprint density at radius 2 is 1.97 bits per heavy atom. The van der Waals surface area contributed by atoms with Crippen molar-refractivity contribution in [1.29, 1.82) is 0 Å². The van der Waals surface area contributed by atoms with Gasteiger partial charge in [-0.25, -0.2) is 4.39 Å². The van der Waals surface area contributed by atoms with Crippen LogP contribution in [0.25, 0.3) is 11.3 Å². The van der Waals surface area contributed by atoms with Gasteiger partial charge in [0.1, 0.15) is 12.4 Å². The molecule has 4 rings (SSSR count). The molecule has 0 aliphatic carbocycles. The summed E-state index contributed by atoms with van der Waals surface area (Å²) in [7, 11) is 3.73. The first-order chi connectivity index (χ1) is 16.2. The Labute approximate surface area is 203 Å². The normalized spacial score (nSPS) is 11.1. The van der Waals surface area contributed by atoms with E-state index in [1.54, 1.807) is 10.7 Å². The number of hydrogen-bond donors (Lipinski definition) is 0. The van der Waals surface area contributed by atoms with E-state index in [-0.39, 0.29) is 12.4 Å². The molecule has 0 bridgehead atoms. The van der Waals surface area contributed by atoms with Crippen molar-refractivity contribution in [2.24, 2.45) is 14.1 Å². The van der Waals surface area contributed by atoms with Gasteiger partial charge in [0, 0.05) is 55.2 Å². The van der Waals surface area contributed by atoms with E-state index in [0.29, 0.717) is 27.7 Å². The van der Waals surface area contributed by atoms with E-state index < -0.39 is 16.6 Å². The van der Waals surface area contributed by atoms with Crippen molar-refractivity contribution >= 4 is 21.7 Å². The van der Waals surface area contributed by atoms with Gasteiger partial charge in [-0.05, 0) is 56.5 Å². The van der Waals surface area contributed by atoms with Crippen molar-refractivity contribution in [2.75, 3.05) is 0 Å². The van der Waals surface area contributed by atoms with Crippen LogP contribution >= 0.6 is 15.9 Å². The lowest BCUT2D eigenvalue weighted by atomic mass is 9.99. The molecule has 0 saturated carbocycles. The first-order valence-corrected chi connectivity index (χ1v) is 11.3. The van der Waals surface area contributed by atoms with Gasteiger partial charge < -0.3 is 14.9 Å². The Morgan fingerprint density at radius 3 is 2.68 bits per heavy atom. The van der Waals surface area contributed by atoms with Gasteiger partial charge in [0.15, 0.2) is 6.20 Å². The SMILES string of the molecule is CCc1cc(Cc2cn(C)nc2-c2ccc(F)cc2COc2cc(Br)cnc2[N+](=O)[O-])n(C)n1. The van der Waals surface area contributed by atoms with E-state index in [1.165, 1.54) is 24.4 Å². The predicted molar refractivity (Wildman–Crippen MR) is 127 cm³/mol. The van der Waals surface area contributed by atoms with Crippen LogP contribution in [-0.2, 0) is 33.5 Å². The highest BCUT2D eigenvalue weighted by molar-refractivity contribution is 9.10. The van der Waals surface area contributed by atoms with Crippen LogP contribution < -0.4 is 4.74 Å². The van der Waals surface area contributed by atoms with Crippen LogP contribution in [0.2, 0.25) is 0 Å². The monoisotopic (exact) mass is 528 g/mol. The van der Waals surface area contributed by atoms with E-state index in [9.17, 15) is 14.5 Å². The van der Waals surface area contributed by atoms with Gasteiger partial charge in [0.05, 0.1) is 15.9 Å². The lowest BCUT2D eigenvalue weighted by Gasteiger charge is -2.12. The number of pyridine rings is 1. The molecule has 1 aromatic carbocycles. The van der Waals surface area contributed by atoms with Gasteiger partial charge in [0.2, 0.25) is 5.75 Å². The van der Waals surface area contributed by atoms with Gasteiger partial charge in [-0.2, -0.15) is 10.2 Å². The highest BCUT2D eigenvalue weighted by Gasteiger charge is 2.20. The summed E-state index contributed by atoms with van der Waals surface area (Å²) in [5.41, 5.74) is 4.84. The molecule has 9 nitrogen and oxygen atoms in total. The quantitative estimate of drug-likeness (QED) is 0.241. The van der Waals surface area contributed by atoms with E-state index in [1.807, 2.05) is 25.0 Å². The molecule has 11 heteroatoms. The lowest BCUT2D eigenvalue weighted by Crippen LogP contribution is -2.04. The zero-order chi connectivity index (χ0) is 24.4. The number of aromatic nitrogens is 5. The summed E-state index contributed by atoms with van der Waals surface area (Å²) in [6, 6.07) is 7.88. The average Bonchev–Trinajstić information content (AvgIpc) is 3.33. The van der Waals surface area contributed by atoms with Gasteiger partial charge >= 0.3 is 5.82 Å². The molecule has 3 aromatic heterocycles. The third-order valence-electron chi connectivity index (χ3n) is 5.34. The van der Waals surface area contributed by atoms with Crippen molar-refractivity contribution < 1.29 is 14.1 Å². The minimum absolute atomic E-state index is 0.0159. The maximum absolute atomic E-state index is 14.2. The number of nitrogens with zero attached hydrogens (tertiary/aromatic N) is 6. The van der Waals surface area contributed by atoms with Crippen molar-refractivity contribution in [2.45, 2.75) is 26.4 Å². The summed E-state index contributed by atoms with van der Waals surface area (Å²) in [5.74, 6) is -0.874. The van der Waals surface area contributed by atoms with Crippen molar-refractivity contribution in [3.63, 3.8) is 0 Å². The third kappa shape index (κ3) is 4.98. The zero-order valence-electron chi connectivity index (χ0n) is 18.8. The number of aryl methyl sites for hydroxylation is 3. The molecule has 0 N–H and O–H groups in total. The van der Waals surface area contributed by atoms with Crippen LogP contribution in [0, 0.1) is 15.9 Å². The molecule has 0 amide bonds. The van der Waals surface area contributed by atoms with Gasteiger partial charge in [-0.15, -0.1) is 0 Å². The number of halogens is 2. The highest BCUT2D eigenvalue weighted by Crippen LogP contribution is 2.32. The first kappa shape index (κ1) is 23.6. The molecule has 0 aliphatic rings. The molecule has 0 aliphatic heterocycles. The van der Waals surface area contributed by atoms with E-state index in [0.717, 1.165) is 23.4 Å². The van der Waals surface area contributed by atoms with Crippen LogP contribution in [0.5, 0.6) is 5.75 Å². The maximum Gasteiger partial charge on any atom is 0.406 e. The first-order valence-electron chi connectivity index (χ1n) is 10.5. The molecule has 34 heavy (non-hydrogen) atoms. The summed E-state index contributed by atoms with van der Waals surface area (Å²) in [6.07, 6.45) is 4.67. The molecule has 176 valence electrons. The van der Waals surface area contributed by atoms with Crippen LogP contribution in [0.15, 0.2) is 47.2 Å². The van der Waals surface area contributed by atoms with Crippen LogP contribution in [0.1, 0.15) is 29.4 Å². The molecular formula is C23H22BrFN6O3. The number of hydrogen-bond acceptors (Lipinski definition) is 6. The topological polar surface area (TPSA) is 101 Å². The minimum Gasteiger partial charge on any atom is -0.481 e.